The number of amides is 1. The Labute approximate surface area is 172 Å². The van der Waals surface area contributed by atoms with Crippen LogP contribution < -0.4 is 10.3 Å². The molecule has 150 valence electrons. The summed E-state index contributed by atoms with van der Waals surface area (Å²) in [6, 6.07) is 18.0. The third-order valence-electron chi connectivity index (χ3n) is 5.08. The molecule has 0 aliphatic rings. The Morgan fingerprint density at radius 1 is 1.10 bits per heavy atom. The van der Waals surface area contributed by atoms with Gasteiger partial charge < -0.3 is 9.47 Å². The summed E-state index contributed by atoms with van der Waals surface area (Å²) in [5.41, 5.74) is 9.88. The van der Waals surface area contributed by atoms with Crippen molar-refractivity contribution in [1.29, 1.82) is 0 Å². The Morgan fingerprint density at radius 2 is 1.86 bits per heavy atom. The van der Waals surface area contributed by atoms with E-state index in [4.69, 9.17) is 0 Å². The number of hydrazone groups is 1. The zero-order chi connectivity index (χ0) is 21.0. The second kappa shape index (κ2) is 8.78. The molecular formula is C24H28N4O. The average Bonchev–Trinajstić information content (AvgIpc) is 3.01. The third kappa shape index (κ3) is 4.40. The van der Waals surface area contributed by atoms with Gasteiger partial charge in [-0.05, 0) is 56.2 Å². The van der Waals surface area contributed by atoms with Crippen molar-refractivity contribution in [3.05, 3.63) is 82.7 Å². The van der Waals surface area contributed by atoms with Gasteiger partial charge in [0.1, 0.15) is 0 Å². The number of aromatic nitrogens is 1. The fourth-order valence-corrected chi connectivity index (χ4v) is 3.47. The molecule has 0 aliphatic heterocycles. The molecule has 0 atom stereocenters. The Morgan fingerprint density at radius 3 is 2.59 bits per heavy atom. The van der Waals surface area contributed by atoms with Crippen LogP contribution in [0.4, 0.5) is 5.69 Å². The number of carbonyl (C=O) groups excluding carboxylic acids is 1. The highest BCUT2D eigenvalue weighted by Gasteiger charge is 2.12. The van der Waals surface area contributed by atoms with Crippen LogP contribution in [0.25, 0.3) is 5.69 Å². The number of aryl methyl sites for hydroxylation is 2. The maximum absolute atomic E-state index is 12.4. The van der Waals surface area contributed by atoms with Gasteiger partial charge in [-0.25, -0.2) is 5.43 Å². The highest BCUT2D eigenvalue weighted by atomic mass is 16.2. The molecular weight excluding hydrogens is 360 g/mol. The Kier molecular flexibility index (Phi) is 6.17. The summed E-state index contributed by atoms with van der Waals surface area (Å²) in [5, 5.41) is 4.19. The van der Waals surface area contributed by atoms with Crippen molar-refractivity contribution < 1.29 is 4.79 Å². The molecule has 0 saturated heterocycles. The fourth-order valence-electron chi connectivity index (χ4n) is 3.47. The summed E-state index contributed by atoms with van der Waals surface area (Å²) in [6.45, 7) is 6.32. The van der Waals surface area contributed by atoms with E-state index in [9.17, 15) is 4.79 Å². The summed E-state index contributed by atoms with van der Waals surface area (Å²) in [4.78, 5) is 14.4. The number of benzene rings is 2. The fraction of sp³-hybridized carbons (Fsp3) is 0.250. The van der Waals surface area contributed by atoms with Crippen LogP contribution in [-0.4, -0.2) is 30.8 Å². The summed E-state index contributed by atoms with van der Waals surface area (Å²) in [5.74, 6) is -0.227. The van der Waals surface area contributed by atoms with Crippen LogP contribution in [0.1, 0.15) is 39.8 Å². The van der Waals surface area contributed by atoms with Gasteiger partial charge in [0.15, 0.2) is 0 Å². The molecule has 1 amide bonds. The molecule has 0 unspecified atom stereocenters. The lowest BCUT2D eigenvalue weighted by atomic mass is 10.1. The molecule has 0 fully saturated rings. The molecule has 1 heterocycles. The molecule has 1 N–H and O–H groups in total. The monoisotopic (exact) mass is 388 g/mol. The Balaban J connectivity index is 1.80. The van der Waals surface area contributed by atoms with Gasteiger partial charge in [0.05, 0.1) is 6.21 Å². The second-order valence-corrected chi connectivity index (χ2v) is 7.29. The van der Waals surface area contributed by atoms with Crippen LogP contribution in [-0.2, 0) is 6.42 Å². The third-order valence-corrected chi connectivity index (χ3v) is 5.08. The molecule has 0 aliphatic carbocycles. The predicted octanol–water partition coefficient (Wildman–Crippen LogP) is 4.49. The average molecular weight is 389 g/mol. The first kappa shape index (κ1) is 20.4. The number of hydrogen-bond donors (Lipinski definition) is 1. The summed E-state index contributed by atoms with van der Waals surface area (Å²) in [6.07, 6.45) is 2.68. The summed E-state index contributed by atoms with van der Waals surface area (Å²) in [7, 11) is 3.89. The van der Waals surface area contributed by atoms with Gasteiger partial charge in [-0.2, -0.15) is 5.10 Å². The lowest BCUT2D eigenvalue weighted by Gasteiger charge is -2.13. The SMILES string of the molecule is CCc1ccccc1-n1c(C)cc(/C=N\NC(=O)c2cccc(N(C)C)c2)c1C. The molecule has 0 spiro atoms. The number of hydrogen-bond acceptors (Lipinski definition) is 3. The lowest BCUT2D eigenvalue weighted by Crippen LogP contribution is -2.18. The first-order valence-corrected chi connectivity index (χ1v) is 9.80. The maximum atomic E-state index is 12.4. The van der Waals surface area contributed by atoms with Gasteiger partial charge in [0, 0.05) is 48.0 Å². The molecule has 5 heteroatoms. The zero-order valence-corrected chi connectivity index (χ0v) is 17.7. The van der Waals surface area contributed by atoms with E-state index >= 15 is 0 Å². The molecule has 0 radical (unpaired) electrons. The minimum absolute atomic E-state index is 0.227. The molecule has 2 aromatic carbocycles. The van der Waals surface area contributed by atoms with Crippen LogP contribution in [0.5, 0.6) is 0 Å². The number of nitrogens with zero attached hydrogens (tertiary/aromatic N) is 3. The van der Waals surface area contributed by atoms with Gasteiger partial charge in [0.25, 0.3) is 5.91 Å². The van der Waals surface area contributed by atoms with Crippen molar-refractivity contribution in [2.75, 3.05) is 19.0 Å². The van der Waals surface area contributed by atoms with Crippen LogP contribution in [0.3, 0.4) is 0 Å². The minimum Gasteiger partial charge on any atom is -0.378 e. The Hall–Kier alpha value is -3.34. The van der Waals surface area contributed by atoms with Gasteiger partial charge in [-0.15, -0.1) is 0 Å². The van der Waals surface area contributed by atoms with E-state index in [1.54, 1.807) is 12.3 Å². The lowest BCUT2D eigenvalue weighted by molar-refractivity contribution is 0.0955. The van der Waals surface area contributed by atoms with E-state index in [1.165, 1.54) is 11.3 Å². The van der Waals surface area contributed by atoms with Crippen molar-refractivity contribution in [2.24, 2.45) is 5.10 Å². The van der Waals surface area contributed by atoms with Crippen molar-refractivity contribution in [3.63, 3.8) is 0 Å². The van der Waals surface area contributed by atoms with Crippen molar-refractivity contribution in [2.45, 2.75) is 27.2 Å². The molecule has 3 aromatic rings. The minimum atomic E-state index is -0.227. The molecule has 29 heavy (non-hydrogen) atoms. The van der Waals surface area contributed by atoms with Crippen LogP contribution in [0, 0.1) is 13.8 Å². The van der Waals surface area contributed by atoms with E-state index in [1.807, 2.05) is 37.2 Å². The zero-order valence-electron chi connectivity index (χ0n) is 17.7. The summed E-state index contributed by atoms with van der Waals surface area (Å²) < 4.78 is 2.24. The van der Waals surface area contributed by atoms with E-state index in [2.05, 4.69) is 66.2 Å². The van der Waals surface area contributed by atoms with Crippen molar-refractivity contribution in [1.82, 2.24) is 9.99 Å². The molecule has 0 bridgehead atoms. The number of para-hydroxylation sites is 1. The first-order valence-electron chi connectivity index (χ1n) is 9.80. The van der Waals surface area contributed by atoms with E-state index < -0.39 is 0 Å². The molecule has 1 aromatic heterocycles. The smallest absolute Gasteiger partial charge is 0.271 e. The van der Waals surface area contributed by atoms with Gasteiger partial charge in [-0.1, -0.05) is 31.2 Å². The standard InChI is InChI=1S/C24H28N4O/c1-6-19-10-7-8-13-23(19)28-17(2)14-21(18(28)3)16-25-26-24(29)20-11-9-12-22(15-20)27(4)5/h7-16H,6H2,1-5H3,(H,26,29)/b25-16-. The van der Waals surface area contributed by atoms with E-state index in [0.29, 0.717) is 5.56 Å². The summed E-state index contributed by atoms with van der Waals surface area (Å²) >= 11 is 0. The number of rotatable bonds is 6. The Bertz CT molecular complexity index is 1050. The molecule has 3 rings (SSSR count). The largest absolute Gasteiger partial charge is 0.378 e. The van der Waals surface area contributed by atoms with Crippen molar-refractivity contribution >= 4 is 17.8 Å². The maximum Gasteiger partial charge on any atom is 0.271 e. The van der Waals surface area contributed by atoms with Crippen LogP contribution in [0.2, 0.25) is 0 Å². The van der Waals surface area contributed by atoms with E-state index in [-0.39, 0.29) is 5.91 Å². The van der Waals surface area contributed by atoms with Gasteiger partial charge in [0.2, 0.25) is 0 Å². The van der Waals surface area contributed by atoms with Crippen molar-refractivity contribution in [3.8, 4) is 5.69 Å². The normalized spacial score (nSPS) is 11.1. The topological polar surface area (TPSA) is 49.6 Å². The number of nitrogens with one attached hydrogen (secondary N) is 1. The number of carbonyl (C=O) groups is 1. The van der Waals surface area contributed by atoms with E-state index in [0.717, 1.165) is 29.1 Å². The van der Waals surface area contributed by atoms with Crippen LogP contribution >= 0.6 is 0 Å². The molecule has 0 saturated carbocycles. The second-order valence-electron chi connectivity index (χ2n) is 7.29. The number of anilines is 1. The predicted molar refractivity (Wildman–Crippen MR) is 120 cm³/mol. The quantitative estimate of drug-likeness (QED) is 0.500. The van der Waals surface area contributed by atoms with Gasteiger partial charge >= 0.3 is 0 Å². The van der Waals surface area contributed by atoms with Crippen LogP contribution in [0.15, 0.2) is 59.7 Å². The highest BCUT2D eigenvalue weighted by Crippen LogP contribution is 2.23. The van der Waals surface area contributed by atoms with Gasteiger partial charge in [-0.3, -0.25) is 4.79 Å². The molecule has 5 nitrogen and oxygen atoms in total. The highest BCUT2D eigenvalue weighted by molar-refractivity contribution is 5.95. The first-order chi connectivity index (χ1) is 13.9.